The van der Waals surface area contributed by atoms with Gasteiger partial charge in [0, 0.05) is 24.7 Å². The Kier molecular flexibility index (Phi) is 6.65. The van der Waals surface area contributed by atoms with E-state index in [-0.39, 0.29) is 5.91 Å². The number of morpholine rings is 1. The maximum absolute atomic E-state index is 13.2. The van der Waals surface area contributed by atoms with Gasteiger partial charge in [-0.05, 0) is 17.7 Å². The molecule has 1 N–H and O–H groups in total. The van der Waals surface area contributed by atoms with E-state index in [1.807, 2.05) is 24.3 Å². The number of ether oxygens (including phenoxy) is 3. The van der Waals surface area contributed by atoms with Crippen LogP contribution in [0.4, 0.5) is 10.7 Å². The van der Waals surface area contributed by atoms with Gasteiger partial charge < -0.3 is 24.4 Å². The second-order valence-electron chi connectivity index (χ2n) is 6.94. The standard InChI is InChI=1S/C23H23ClN2O4S/c1-28-19-14-20(29-2)18(13-17(19)24)25-22(27)21-12-16(15-6-4-3-5-7-15)23(31-21)26-8-10-30-11-9-26/h3-7,12-14H,8-11H2,1-2H3,(H,25,27). The number of amides is 1. The van der Waals surface area contributed by atoms with Crippen molar-refractivity contribution in [1.82, 2.24) is 0 Å². The minimum absolute atomic E-state index is 0.221. The number of anilines is 2. The van der Waals surface area contributed by atoms with Crippen molar-refractivity contribution in [3.05, 3.63) is 58.4 Å². The number of benzene rings is 2. The lowest BCUT2D eigenvalue weighted by Crippen LogP contribution is -2.35. The van der Waals surface area contributed by atoms with Gasteiger partial charge in [0.05, 0.1) is 48.0 Å². The summed E-state index contributed by atoms with van der Waals surface area (Å²) in [7, 11) is 3.07. The molecule has 0 spiro atoms. The highest BCUT2D eigenvalue weighted by atomic mass is 35.5. The zero-order chi connectivity index (χ0) is 21.8. The number of carbonyl (C=O) groups excluding carboxylic acids is 1. The molecule has 8 heteroatoms. The highest BCUT2D eigenvalue weighted by molar-refractivity contribution is 7.18. The summed E-state index contributed by atoms with van der Waals surface area (Å²) in [6.45, 7) is 2.94. The second-order valence-corrected chi connectivity index (χ2v) is 8.37. The molecule has 0 atom stereocenters. The van der Waals surface area contributed by atoms with Gasteiger partial charge in [-0.15, -0.1) is 11.3 Å². The number of rotatable bonds is 6. The molecule has 162 valence electrons. The lowest BCUT2D eigenvalue weighted by atomic mass is 10.1. The summed E-state index contributed by atoms with van der Waals surface area (Å²) in [4.78, 5) is 16.0. The summed E-state index contributed by atoms with van der Waals surface area (Å²) in [5.74, 6) is 0.734. The minimum Gasteiger partial charge on any atom is -0.495 e. The molecule has 1 aliphatic heterocycles. The zero-order valence-electron chi connectivity index (χ0n) is 17.3. The highest BCUT2D eigenvalue weighted by Crippen LogP contribution is 2.41. The van der Waals surface area contributed by atoms with Gasteiger partial charge in [-0.25, -0.2) is 0 Å². The molecule has 1 aromatic heterocycles. The summed E-state index contributed by atoms with van der Waals surface area (Å²) in [5, 5.41) is 4.39. The molecule has 0 bridgehead atoms. The van der Waals surface area contributed by atoms with Gasteiger partial charge in [0.2, 0.25) is 0 Å². The number of hydrogen-bond acceptors (Lipinski definition) is 6. The lowest BCUT2D eigenvalue weighted by molar-refractivity contribution is 0.103. The first kappa shape index (κ1) is 21.5. The Balaban J connectivity index is 1.67. The zero-order valence-corrected chi connectivity index (χ0v) is 18.9. The van der Waals surface area contributed by atoms with Crippen LogP contribution in [0.1, 0.15) is 9.67 Å². The average molecular weight is 459 g/mol. The molecule has 2 heterocycles. The summed E-state index contributed by atoms with van der Waals surface area (Å²) in [6, 6.07) is 15.3. The summed E-state index contributed by atoms with van der Waals surface area (Å²) in [5.41, 5.74) is 2.60. The van der Waals surface area contributed by atoms with E-state index in [0.717, 1.165) is 29.2 Å². The molecule has 4 rings (SSSR count). The predicted octanol–water partition coefficient (Wildman–Crippen LogP) is 5.17. The van der Waals surface area contributed by atoms with E-state index in [1.165, 1.54) is 25.6 Å². The van der Waals surface area contributed by atoms with E-state index in [9.17, 15) is 4.79 Å². The number of carbonyl (C=O) groups is 1. The molecule has 2 aromatic carbocycles. The van der Waals surface area contributed by atoms with Crippen LogP contribution in [0, 0.1) is 0 Å². The van der Waals surface area contributed by atoms with Gasteiger partial charge in [-0.1, -0.05) is 41.9 Å². The van der Waals surface area contributed by atoms with Crippen LogP contribution in [0.3, 0.4) is 0 Å². The van der Waals surface area contributed by atoms with Crippen LogP contribution >= 0.6 is 22.9 Å². The van der Waals surface area contributed by atoms with E-state index in [2.05, 4.69) is 22.3 Å². The second kappa shape index (κ2) is 9.60. The quantitative estimate of drug-likeness (QED) is 0.551. The number of thiophene rings is 1. The van der Waals surface area contributed by atoms with Crippen molar-refractivity contribution in [1.29, 1.82) is 0 Å². The highest BCUT2D eigenvalue weighted by Gasteiger charge is 2.23. The van der Waals surface area contributed by atoms with E-state index < -0.39 is 0 Å². The Bertz CT molecular complexity index is 1060. The van der Waals surface area contributed by atoms with E-state index in [4.69, 9.17) is 25.8 Å². The SMILES string of the molecule is COc1cc(OC)c(NC(=O)c2cc(-c3ccccc3)c(N3CCOCC3)s2)cc1Cl. The Morgan fingerprint density at radius 3 is 2.45 bits per heavy atom. The number of halogens is 1. The number of methoxy groups -OCH3 is 2. The summed E-state index contributed by atoms with van der Waals surface area (Å²) >= 11 is 7.72. The molecule has 31 heavy (non-hydrogen) atoms. The van der Waals surface area contributed by atoms with Gasteiger partial charge in [0.15, 0.2) is 0 Å². The van der Waals surface area contributed by atoms with E-state index in [1.54, 1.807) is 12.1 Å². The van der Waals surface area contributed by atoms with Crippen molar-refractivity contribution in [2.45, 2.75) is 0 Å². The lowest BCUT2D eigenvalue weighted by Gasteiger charge is -2.28. The van der Waals surface area contributed by atoms with Crippen LogP contribution in [0.15, 0.2) is 48.5 Å². The number of nitrogens with one attached hydrogen (secondary N) is 1. The van der Waals surface area contributed by atoms with Crippen LogP contribution in [-0.2, 0) is 4.74 Å². The maximum Gasteiger partial charge on any atom is 0.265 e. The topological polar surface area (TPSA) is 60.0 Å². The molecule has 1 aliphatic rings. The monoisotopic (exact) mass is 458 g/mol. The maximum atomic E-state index is 13.2. The first-order valence-corrected chi connectivity index (χ1v) is 11.0. The smallest absolute Gasteiger partial charge is 0.265 e. The normalized spacial score (nSPS) is 13.7. The first-order valence-electron chi connectivity index (χ1n) is 9.85. The third-order valence-corrected chi connectivity index (χ3v) is 6.53. The van der Waals surface area contributed by atoms with Gasteiger partial charge in [0.1, 0.15) is 11.5 Å². The Hall–Kier alpha value is -2.74. The summed E-state index contributed by atoms with van der Waals surface area (Å²) in [6.07, 6.45) is 0. The fourth-order valence-corrected chi connectivity index (χ4v) is 4.83. The van der Waals surface area contributed by atoms with Crippen LogP contribution in [0.2, 0.25) is 5.02 Å². The van der Waals surface area contributed by atoms with Crippen molar-refractivity contribution in [2.75, 3.05) is 50.7 Å². The Morgan fingerprint density at radius 2 is 1.77 bits per heavy atom. The fourth-order valence-electron chi connectivity index (χ4n) is 3.46. The van der Waals surface area contributed by atoms with E-state index >= 15 is 0 Å². The van der Waals surface area contributed by atoms with Crippen molar-refractivity contribution >= 4 is 39.5 Å². The van der Waals surface area contributed by atoms with E-state index in [0.29, 0.717) is 40.3 Å². The molecule has 0 aliphatic carbocycles. The largest absolute Gasteiger partial charge is 0.495 e. The van der Waals surface area contributed by atoms with Crippen molar-refractivity contribution in [2.24, 2.45) is 0 Å². The molecule has 1 saturated heterocycles. The summed E-state index contributed by atoms with van der Waals surface area (Å²) < 4.78 is 16.1. The van der Waals surface area contributed by atoms with Crippen molar-refractivity contribution < 1.29 is 19.0 Å². The van der Waals surface area contributed by atoms with Gasteiger partial charge in [0.25, 0.3) is 5.91 Å². The van der Waals surface area contributed by atoms with Crippen LogP contribution in [0.5, 0.6) is 11.5 Å². The van der Waals surface area contributed by atoms with Gasteiger partial charge in [-0.3, -0.25) is 4.79 Å². The van der Waals surface area contributed by atoms with Crippen molar-refractivity contribution in [3.8, 4) is 22.6 Å². The van der Waals surface area contributed by atoms with Crippen LogP contribution in [-0.4, -0.2) is 46.4 Å². The molecule has 6 nitrogen and oxygen atoms in total. The Morgan fingerprint density at radius 1 is 1.06 bits per heavy atom. The molecule has 0 radical (unpaired) electrons. The molecule has 3 aromatic rings. The van der Waals surface area contributed by atoms with Crippen molar-refractivity contribution in [3.63, 3.8) is 0 Å². The number of hydrogen-bond donors (Lipinski definition) is 1. The molecule has 1 amide bonds. The molecule has 0 saturated carbocycles. The Labute approximate surface area is 190 Å². The third kappa shape index (κ3) is 4.63. The molecular formula is C23H23ClN2O4S. The minimum atomic E-state index is -0.221. The molecule has 1 fully saturated rings. The predicted molar refractivity (Wildman–Crippen MR) is 125 cm³/mol. The molecular weight excluding hydrogens is 436 g/mol. The fraction of sp³-hybridized carbons (Fsp3) is 0.261. The molecule has 0 unspecified atom stereocenters. The average Bonchev–Trinajstić information content (AvgIpc) is 3.26. The van der Waals surface area contributed by atoms with Gasteiger partial charge >= 0.3 is 0 Å². The number of nitrogens with zero attached hydrogens (tertiary/aromatic N) is 1. The third-order valence-electron chi connectivity index (χ3n) is 5.04. The van der Waals surface area contributed by atoms with Gasteiger partial charge in [-0.2, -0.15) is 0 Å². The first-order chi connectivity index (χ1) is 15.1. The van der Waals surface area contributed by atoms with Crippen LogP contribution in [0.25, 0.3) is 11.1 Å². The van der Waals surface area contributed by atoms with Crippen LogP contribution < -0.4 is 19.7 Å².